The third-order valence-corrected chi connectivity index (χ3v) is 14.0. The van der Waals surface area contributed by atoms with Gasteiger partial charge in [-0.05, 0) is 62.0 Å². The normalized spacial score (nSPS) is 31.1. The molecule has 3 saturated carbocycles. The maximum atomic E-state index is 14.8. The van der Waals surface area contributed by atoms with Crippen LogP contribution in [-0.2, 0) is 35.6 Å². The molecule has 4 fully saturated rings. The zero-order valence-corrected chi connectivity index (χ0v) is 34.0. The highest BCUT2D eigenvalue weighted by molar-refractivity contribution is 7.91. The Morgan fingerprint density at radius 1 is 1.09 bits per heavy atom. The van der Waals surface area contributed by atoms with E-state index in [2.05, 4.69) is 10.6 Å². The number of halogens is 3. The summed E-state index contributed by atoms with van der Waals surface area (Å²) in [6.07, 6.45) is -1.85. The van der Waals surface area contributed by atoms with E-state index >= 15 is 0 Å². The molecule has 2 aromatic rings. The number of alkyl halides is 3. The monoisotopic (exact) mass is 836 g/mol. The fourth-order valence-corrected chi connectivity index (χ4v) is 9.55. The van der Waals surface area contributed by atoms with Crippen molar-refractivity contribution in [2.75, 3.05) is 13.7 Å². The number of benzene rings is 1. The number of methoxy groups -OCH3 is 1. The van der Waals surface area contributed by atoms with E-state index in [1.807, 2.05) is 0 Å². The van der Waals surface area contributed by atoms with Gasteiger partial charge in [0.2, 0.25) is 29.1 Å². The SMILES string of the molecule is CC[C@@H]1[C@@H]2CN(C(=O)[C@H](C(C)(C)C)NC(=O)O[C@@H]3C[C@H]3CCCCCc3nc4ccc(OC)cc4nc3O2)[C@@H]1C(=O)N[C@]1(C(=O)NS(=O)(=O)C2(F)CC2)CC1C(F)F. The van der Waals surface area contributed by atoms with E-state index in [1.54, 1.807) is 50.6 Å². The molecular weight excluding hydrogens is 786 g/mol. The molecule has 1 aromatic heterocycles. The van der Waals surface area contributed by atoms with Crippen molar-refractivity contribution in [1.29, 1.82) is 0 Å². The number of hydrogen-bond acceptors (Lipinski definition) is 11. The number of rotatable bonds is 8. The summed E-state index contributed by atoms with van der Waals surface area (Å²) in [5, 5.41) is 2.38. The Labute approximate surface area is 334 Å². The molecule has 4 amide bonds. The van der Waals surface area contributed by atoms with Gasteiger partial charge in [-0.1, -0.05) is 40.5 Å². The van der Waals surface area contributed by atoms with Crippen LogP contribution in [-0.4, -0.2) is 102 Å². The summed E-state index contributed by atoms with van der Waals surface area (Å²) in [4.78, 5) is 67.1. The van der Waals surface area contributed by atoms with Crippen LogP contribution in [0.15, 0.2) is 18.2 Å². The highest BCUT2D eigenvalue weighted by Crippen LogP contribution is 2.50. The molecule has 8 atom stereocenters. The molecule has 3 heterocycles. The van der Waals surface area contributed by atoms with E-state index in [0.29, 0.717) is 35.3 Å². The van der Waals surface area contributed by atoms with Crippen LogP contribution in [0.1, 0.15) is 91.2 Å². The van der Waals surface area contributed by atoms with Gasteiger partial charge in [0, 0.05) is 24.8 Å². The summed E-state index contributed by atoms with van der Waals surface area (Å²) < 4.78 is 88.0. The summed E-state index contributed by atoms with van der Waals surface area (Å²) in [5.41, 5.74) is -1.72. The van der Waals surface area contributed by atoms with Crippen LogP contribution in [0.5, 0.6) is 11.6 Å². The average molecular weight is 837 g/mol. The number of sulfonamides is 1. The van der Waals surface area contributed by atoms with E-state index in [0.717, 1.165) is 25.7 Å². The van der Waals surface area contributed by atoms with Gasteiger partial charge in [0.1, 0.15) is 41.3 Å². The summed E-state index contributed by atoms with van der Waals surface area (Å²) in [6.45, 7) is 6.68. The zero-order chi connectivity index (χ0) is 41.9. The molecule has 2 bridgehead atoms. The van der Waals surface area contributed by atoms with Gasteiger partial charge in [0.25, 0.3) is 15.9 Å². The first kappa shape index (κ1) is 41.7. The molecule has 3 N–H and O–H groups in total. The largest absolute Gasteiger partial charge is 0.497 e. The van der Waals surface area contributed by atoms with Crippen molar-refractivity contribution in [2.24, 2.45) is 23.2 Å². The molecule has 1 saturated heterocycles. The van der Waals surface area contributed by atoms with Crippen LogP contribution in [0, 0.1) is 23.2 Å². The van der Waals surface area contributed by atoms with Crippen molar-refractivity contribution in [3.8, 4) is 11.6 Å². The number of carbonyl (C=O) groups is 4. The highest BCUT2D eigenvalue weighted by Gasteiger charge is 2.68. The number of amides is 4. The number of aryl methyl sites for hydroxylation is 1. The molecule has 1 unspecified atom stereocenters. The fourth-order valence-electron chi connectivity index (χ4n) is 8.30. The van der Waals surface area contributed by atoms with E-state index in [1.165, 1.54) is 12.0 Å². The van der Waals surface area contributed by atoms with E-state index in [9.17, 15) is 40.8 Å². The first-order chi connectivity index (χ1) is 27.3. The van der Waals surface area contributed by atoms with E-state index in [-0.39, 0.29) is 43.7 Å². The van der Waals surface area contributed by atoms with Crippen molar-refractivity contribution in [1.82, 2.24) is 30.2 Å². The van der Waals surface area contributed by atoms with Crippen LogP contribution < -0.4 is 24.8 Å². The molecule has 7 rings (SSSR count). The smallest absolute Gasteiger partial charge is 0.408 e. The summed E-state index contributed by atoms with van der Waals surface area (Å²) >= 11 is 0. The molecular formula is C39H51F3N6O9S. The van der Waals surface area contributed by atoms with Crippen molar-refractivity contribution in [3.63, 3.8) is 0 Å². The third-order valence-electron chi connectivity index (χ3n) is 12.2. The molecule has 0 spiro atoms. The Bertz CT molecular complexity index is 2080. The van der Waals surface area contributed by atoms with Gasteiger partial charge in [-0.3, -0.25) is 14.4 Å². The number of alkyl carbamates (subject to hydrolysis) is 1. The number of hydrogen-bond donors (Lipinski definition) is 3. The first-order valence-corrected chi connectivity index (χ1v) is 21.4. The molecule has 0 radical (unpaired) electrons. The van der Waals surface area contributed by atoms with Crippen molar-refractivity contribution < 1.29 is 55.0 Å². The predicted octanol–water partition coefficient (Wildman–Crippen LogP) is 4.31. The third kappa shape index (κ3) is 8.11. The topological polar surface area (TPSA) is 195 Å². The van der Waals surface area contributed by atoms with Crippen LogP contribution in [0.2, 0.25) is 0 Å². The lowest BCUT2D eigenvalue weighted by Crippen LogP contribution is -2.61. The van der Waals surface area contributed by atoms with Crippen molar-refractivity contribution >= 4 is 44.9 Å². The first-order valence-electron chi connectivity index (χ1n) is 20.0. The number of fused-ring (bicyclic) bond motifs is 5. The van der Waals surface area contributed by atoms with Crippen molar-refractivity contribution in [2.45, 2.75) is 133 Å². The van der Waals surface area contributed by atoms with Gasteiger partial charge >= 0.3 is 6.09 Å². The maximum absolute atomic E-state index is 14.8. The number of ether oxygens (including phenoxy) is 3. The maximum Gasteiger partial charge on any atom is 0.408 e. The van der Waals surface area contributed by atoms with Gasteiger partial charge in [0.15, 0.2) is 0 Å². The van der Waals surface area contributed by atoms with Crippen LogP contribution in [0.3, 0.4) is 0 Å². The Morgan fingerprint density at radius 3 is 2.47 bits per heavy atom. The number of nitrogens with zero attached hydrogens (tertiary/aromatic N) is 3. The molecule has 1 aromatic carbocycles. The van der Waals surface area contributed by atoms with Gasteiger partial charge in [-0.25, -0.2) is 41.1 Å². The highest BCUT2D eigenvalue weighted by atomic mass is 32.2. The van der Waals surface area contributed by atoms with Gasteiger partial charge in [-0.2, -0.15) is 0 Å². The second kappa shape index (κ2) is 15.3. The molecule has 3 aliphatic carbocycles. The minimum atomic E-state index is -4.91. The van der Waals surface area contributed by atoms with Crippen molar-refractivity contribution in [3.05, 3.63) is 23.9 Å². The summed E-state index contributed by atoms with van der Waals surface area (Å²) in [6, 6.07) is 2.54. The minimum Gasteiger partial charge on any atom is -0.497 e. The van der Waals surface area contributed by atoms with Gasteiger partial charge < -0.3 is 29.7 Å². The molecule has 2 aliphatic heterocycles. The molecule has 5 aliphatic rings. The fraction of sp³-hybridized carbons (Fsp3) is 0.692. The Kier molecular flexibility index (Phi) is 11.0. The standard InChI is InChI=1S/C39H51F3N6O9S/c1-6-22-28-19-48(29(22)32(49)46-39(18-23(39)31(40)41)35(51)47-58(53,54)38(42)14-15-38)34(50)30(37(2,3)4)45-36(52)57-27-16-20(27)10-8-7-9-11-25-33(56-28)44-26-17-21(55-5)12-13-24(26)43-25/h12-13,17,20,22-23,27-31H,6-11,14-16,18-19H2,1-5H3,(H,45,52)(H,46,49)(H,47,51)/t20-,22-,23?,27-,28+,29+,30-,39-/m1/s1. The average Bonchev–Trinajstić information content (AvgIpc) is 4.11. The lowest BCUT2D eigenvalue weighted by atomic mass is 9.85. The van der Waals surface area contributed by atoms with Gasteiger partial charge in [0.05, 0.1) is 30.6 Å². The Balaban J connectivity index is 1.27. The number of carbonyl (C=O) groups excluding carboxylic acids is 4. The second-order valence-electron chi connectivity index (χ2n) is 17.4. The molecule has 58 heavy (non-hydrogen) atoms. The molecule has 318 valence electrons. The number of nitrogens with one attached hydrogen (secondary N) is 3. The van der Waals surface area contributed by atoms with Crippen LogP contribution in [0.4, 0.5) is 18.0 Å². The Hall–Kier alpha value is -4.42. The van der Waals surface area contributed by atoms with Crippen LogP contribution >= 0.6 is 0 Å². The second-order valence-corrected chi connectivity index (χ2v) is 19.3. The predicted molar refractivity (Wildman–Crippen MR) is 202 cm³/mol. The lowest BCUT2D eigenvalue weighted by Gasteiger charge is -2.36. The molecule has 15 nitrogen and oxygen atoms in total. The Morgan fingerprint density at radius 2 is 1.83 bits per heavy atom. The van der Waals surface area contributed by atoms with Crippen LogP contribution in [0.25, 0.3) is 11.0 Å². The minimum absolute atomic E-state index is 0.177. The lowest BCUT2D eigenvalue weighted by molar-refractivity contribution is -0.144. The number of aromatic nitrogens is 2. The zero-order valence-electron chi connectivity index (χ0n) is 33.2. The quantitative estimate of drug-likeness (QED) is 0.343. The van der Waals surface area contributed by atoms with E-state index in [4.69, 9.17) is 24.2 Å². The van der Waals surface area contributed by atoms with E-state index < -0.39 is 92.7 Å². The molecule has 19 heteroatoms. The summed E-state index contributed by atoms with van der Waals surface area (Å²) in [7, 11) is -3.39. The van der Waals surface area contributed by atoms with Gasteiger partial charge in [-0.15, -0.1) is 0 Å². The summed E-state index contributed by atoms with van der Waals surface area (Å²) in [5.74, 6) is -4.96.